The Morgan fingerprint density at radius 1 is 0.929 bits per heavy atom. The molecule has 1 heterocycles. The van der Waals surface area contributed by atoms with Gasteiger partial charge in [-0.25, -0.2) is 0 Å². The van der Waals surface area contributed by atoms with Gasteiger partial charge in [0.1, 0.15) is 11.0 Å². The minimum Gasteiger partial charge on any atom is -0.325 e. The SMILES string of the molecule is CCc1ccc(-n2nc3cc(C)c(NC(=O)Cc4ccccc4)cc3n2)cc1. The van der Waals surface area contributed by atoms with Crippen LogP contribution in [0.4, 0.5) is 5.69 Å². The summed E-state index contributed by atoms with van der Waals surface area (Å²) in [7, 11) is 0. The van der Waals surface area contributed by atoms with Gasteiger partial charge >= 0.3 is 0 Å². The zero-order chi connectivity index (χ0) is 19.5. The quantitative estimate of drug-likeness (QED) is 0.564. The molecule has 1 N–H and O–H groups in total. The molecule has 0 aliphatic heterocycles. The smallest absolute Gasteiger partial charge is 0.228 e. The number of carbonyl (C=O) groups is 1. The fraction of sp³-hybridized carbons (Fsp3) is 0.174. The van der Waals surface area contributed by atoms with Crippen LogP contribution in [0.3, 0.4) is 0 Å². The van der Waals surface area contributed by atoms with E-state index < -0.39 is 0 Å². The fourth-order valence-electron chi connectivity index (χ4n) is 3.16. The molecular weight excluding hydrogens is 348 g/mol. The van der Waals surface area contributed by atoms with Crippen LogP contribution in [-0.2, 0) is 17.6 Å². The molecule has 5 heteroatoms. The first-order valence-electron chi connectivity index (χ1n) is 9.43. The van der Waals surface area contributed by atoms with Crippen molar-refractivity contribution in [2.45, 2.75) is 26.7 Å². The molecular formula is C23H22N4O. The van der Waals surface area contributed by atoms with Gasteiger partial charge in [0.25, 0.3) is 0 Å². The summed E-state index contributed by atoms with van der Waals surface area (Å²) in [6, 6.07) is 21.8. The van der Waals surface area contributed by atoms with Crippen molar-refractivity contribution in [1.82, 2.24) is 15.0 Å². The van der Waals surface area contributed by atoms with E-state index >= 15 is 0 Å². The van der Waals surface area contributed by atoms with Gasteiger partial charge in [-0.3, -0.25) is 4.79 Å². The Morgan fingerprint density at radius 3 is 2.29 bits per heavy atom. The highest BCUT2D eigenvalue weighted by molar-refractivity contribution is 5.95. The lowest BCUT2D eigenvalue weighted by atomic mass is 10.1. The average molecular weight is 370 g/mol. The molecule has 4 rings (SSSR count). The van der Waals surface area contributed by atoms with Gasteiger partial charge in [0, 0.05) is 5.69 Å². The second kappa shape index (κ2) is 7.64. The second-order valence-corrected chi connectivity index (χ2v) is 6.88. The molecule has 1 aromatic heterocycles. The minimum atomic E-state index is -0.0452. The van der Waals surface area contributed by atoms with E-state index in [9.17, 15) is 4.79 Å². The Hall–Kier alpha value is -3.47. The van der Waals surface area contributed by atoms with Crippen LogP contribution in [0.5, 0.6) is 0 Å². The van der Waals surface area contributed by atoms with Crippen molar-refractivity contribution < 1.29 is 4.79 Å². The van der Waals surface area contributed by atoms with Gasteiger partial charge in [-0.1, -0.05) is 49.4 Å². The van der Waals surface area contributed by atoms with E-state index in [1.54, 1.807) is 4.80 Å². The van der Waals surface area contributed by atoms with Crippen molar-refractivity contribution in [2.24, 2.45) is 0 Å². The summed E-state index contributed by atoms with van der Waals surface area (Å²) in [5.74, 6) is -0.0452. The lowest BCUT2D eigenvalue weighted by Gasteiger charge is -2.08. The van der Waals surface area contributed by atoms with Crippen LogP contribution in [0, 0.1) is 6.92 Å². The standard InChI is InChI=1S/C23H22N4O/c1-3-17-9-11-19(12-10-17)27-25-21-13-16(2)20(15-22(21)26-27)24-23(28)14-18-7-5-4-6-8-18/h4-13,15H,3,14H2,1-2H3,(H,24,28). The van der Waals surface area contributed by atoms with Gasteiger partial charge in [0.2, 0.25) is 5.91 Å². The van der Waals surface area contributed by atoms with Crippen LogP contribution >= 0.6 is 0 Å². The highest BCUT2D eigenvalue weighted by Crippen LogP contribution is 2.22. The highest BCUT2D eigenvalue weighted by atomic mass is 16.1. The van der Waals surface area contributed by atoms with Crippen LogP contribution in [0.25, 0.3) is 16.7 Å². The number of anilines is 1. The van der Waals surface area contributed by atoms with E-state index in [1.165, 1.54) is 5.56 Å². The summed E-state index contributed by atoms with van der Waals surface area (Å²) in [6.45, 7) is 4.10. The molecule has 0 saturated heterocycles. The zero-order valence-electron chi connectivity index (χ0n) is 16.0. The number of nitrogens with one attached hydrogen (secondary N) is 1. The molecule has 3 aromatic carbocycles. The predicted octanol–water partition coefficient (Wildman–Crippen LogP) is 4.47. The number of amides is 1. The van der Waals surface area contributed by atoms with Gasteiger partial charge in [0.05, 0.1) is 12.1 Å². The molecule has 0 aliphatic rings. The topological polar surface area (TPSA) is 59.8 Å². The third-order valence-corrected chi connectivity index (χ3v) is 4.78. The number of nitrogens with zero attached hydrogens (tertiary/aromatic N) is 3. The molecule has 0 fully saturated rings. The van der Waals surface area contributed by atoms with Gasteiger partial charge in [-0.05, 0) is 54.3 Å². The number of hydrogen-bond acceptors (Lipinski definition) is 3. The largest absolute Gasteiger partial charge is 0.325 e. The summed E-state index contributed by atoms with van der Waals surface area (Å²) in [5, 5.41) is 12.2. The van der Waals surface area contributed by atoms with Crippen LogP contribution in [0.15, 0.2) is 66.7 Å². The number of aryl methyl sites for hydroxylation is 2. The van der Waals surface area contributed by atoms with Crippen molar-refractivity contribution in [3.05, 3.63) is 83.4 Å². The zero-order valence-corrected chi connectivity index (χ0v) is 16.0. The molecule has 0 radical (unpaired) electrons. The summed E-state index contributed by atoms with van der Waals surface area (Å²) in [4.78, 5) is 14.0. The maximum atomic E-state index is 12.4. The number of fused-ring (bicyclic) bond motifs is 1. The van der Waals surface area contributed by atoms with Crippen molar-refractivity contribution >= 4 is 22.6 Å². The molecule has 140 valence electrons. The van der Waals surface area contributed by atoms with Crippen LogP contribution in [-0.4, -0.2) is 20.9 Å². The van der Waals surface area contributed by atoms with E-state index in [0.717, 1.165) is 40.0 Å². The maximum absolute atomic E-state index is 12.4. The van der Waals surface area contributed by atoms with Crippen LogP contribution in [0.2, 0.25) is 0 Å². The average Bonchev–Trinajstić information content (AvgIpc) is 3.11. The number of hydrogen-bond donors (Lipinski definition) is 1. The molecule has 1 amide bonds. The number of aromatic nitrogens is 3. The highest BCUT2D eigenvalue weighted by Gasteiger charge is 2.11. The maximum Gasteiger partial charge on any atom is 0.228 e. The molecule has 5 nitrogen and oxygen atoms in total. The number of rotatable bonds is 5. The lowest BCUT2D eigenvalue weighted by molar-refractivity contribution is -0.115. The van der Waals surface area contributed by atoms with Crippen molar-refractivity contribution in [3.8, 4) is 5.69 Å². The molecule has 4 aromatic rings. The number of carbonyl (C=O) groups excluding carboxylic acids is 1. The second-order valence-electron chi connectivity index (χ2n) is 6.88. The fourth-order valence-corrected chi connectivity index (χ4v) is 3.16. The molecule has 0 atom stereocenters. The van der Waals surface area contributed by atoms with E-state index in [0.29, 0.717) is 6.42 Å². The van der Waals surface area contributed by atoms with Crippen molar-refractivity contribution in [2.75, 3.05) is 5.32 Å². The van der Waals surface area contributed by atoms with Gasteiger partial charge < -0.3 is 5.32 Å². The first-order valence-corrected chi connectivity index (χ1v) is 9.43. The molecule has 0 bridgehead atoms. The minimum absolute atomic E-state index is 0.0452. The van der Waals surface area contributed by atoms with E-state index in [4.69, 9.17) is 0 Å². The number of benzene rings is 3. The Morgan fingerprint density at radius 2 is 1.61 bits per heavy atom. The predicted molar refractivity (Wildman–Crippen MR) is 112 cm³/mol. The summed E-state index contributed by atoms with van der Waals surface area (Å²) in [5.41, 5.74) is 6.46. The molecule has 0 unspecified atom stereocenters. The lowest BCUT2D eigenvalue weighted by Crippen LogP contribution is -2.15. The summed E-state index contributed by atoms with van der Waals surface area (Å²) in [6.07, 6.45) is 1.34. The van der Waals surface area contributed by atoms with Crippen molar-refractivity contribution in [3.63, 3.8) is 0 Å². The first kappa shape index (κ1) is 17.9. The molecule has 0 saturated carbocycles. The molecule has 0 spiro atoms. The third kappa shape index (κ3) is 3.78. The van der Waals surface area contributed by atoms with Gasteiger partial charge in [0.15, 0.2) is 0 Å². The van der Waals surface area contributed by atoms with E-state index in [-0.39, 0.29) is 5.91 Å². The third-order valence-electron chi connectivity index (χ3n) is 4.78. The van der Waals surface area contributed by atoms with Crippen molar-refractivity contribution in [1.29, 1.82) is 0 Å². The Balaban J connectivity index is 1.58. The summed E-state index contributed by atoms with van der Waals surface area (Å²) < 4.78 is 0. The molecule has 0 aliphatic carbocycles. The Kier molecular flexibility index (Phi) is 4.89. The Bertz CT molecular complexity index is 1110. The normalized spacial score (nSPS) is 10.9. The van der Waals surface area contributed by atoms with Crippen LogP contribution < -0.4 is 5.32 Å². The van der Waals surface area contributed by atoms with E-state index in [2.05, 4.69) is 34.6 Å². The Labute approximate surface area is 164 Å². The first-order chi connectivity index (χ1) is 13.6. The monoisotopic (exact) mass is 370 g/mol. The molecule has 28 heavy (non-hydrogen) atoms. The van der Waals surface area contributed by atoms with Gasteiger partial charge in [-0.15, -0.1) is 10.2 Å². The summed E-state index contributed by atoms with van der Waals surface area (Å²) >= 11 is 0. The van der Waals surface area contributed by atoms with E-state index in [1.807, 2.05) is 61.5 Å². The van der Waals surface area contributed by atoms with Crippen LogP contribution in [0.1, 0.15) is 23.6 Å². The van der Waals surface area contributed by atoms with Gasteiger partial charge in [-0.2, -0.15) is 4.80 Å².